The van der Waals surface area contributed by atoms with Gasteiger partial charge in [0, 0.05) is 37.7 Å². The van der Waals surface area contributed by atoms with E-state index in [1.54, 1.807) is 0 Å². The van der Waals surface area contributed by atoms with Gasteiger partial charge in [-0.2, -0.15) is 0 Å². The minimum atomic E-state index is 0.763. The second-order valence-corrected chi connectivity index (χ2v) is 6.81. The second kappa shape index (κ2) is 8.52. The number of hydrogen-bond donors (Lipinski definition) is 0. The van der Waals surface area contributed by atoms with Crippen LogP contribution in [0.5, 0.6) is 5.75 Å². The van der Waals surface area contributed by atoms with Gasteiger partial charge in [0.2, 0.25) is 0 Å². The predicted molar refractivity (Wildman–Crippen MR) is 101 cm³/mol. The van der Waals surface area contributed by atoms with Crippen LogP contribution >= 0.6 is 11.6 Å². The molecule has 128 valence electrons. The molecule has 2 aromatic carbocycles. The first kappa shape index (κ1) is 17.3. The van der Waals surface area contributed by atoms with Gasteiger partial charge in [-0.25, -0.2) is 0 Å². The predicted octanol–water partition coefficient (Wildman–Crippen LogP) is 4.02. The largest absolute Gasteiger partial charge is 0.494 e. The number of rotatable bonds is 6. The van der Waals surface area contributed by atoms with Crippen molar-refractivity contribution in [2.75, 3.05) is 46.4 Å². The highest BCUT2D eigenvalue weighted by Crippen LogP contribution is 2.24. The molecular weight excluding hydrogens is 320 g/mol. The smallest absolute Gasteiger partial charge is 0.119 e. The maximum Gasteiger partial charge on any atom is 0.119 e. The van der Waals surface area contributed by atoms with Crippen LogP contribution in [0.2, 0.25) is 5.02 Å². The molecule has 0 N–H and O–H groups in total. The van der Waals surface area contributed by atoms with E-state index in [1.165, 1.54) is 37.3 Å². The molecule has 1 fully saturated rings. The minimum Gasteiger partial charge on any atom is -0.494 e. The van der Waals surface area contributed by atoms with Gasteiger partial charge in [-0.3, -0.25) is 0 Å². The van der Waals surface area contributed by atoms with Crippen molar-refractivity contribution >= 4 is 11.6 Å². The average Bonchev–Trinajstić information content (AvgIpc) is 2.62. The molecule has 1 aliphatic heterocycles. The summed E-state index contributed by atoms with van der Waals surface area (Å²) in [7, 11) is 2.19. The van der Waals surface area contributed by atoms with Gasteiger partial charge >= 0.3 is 0 Å². The summed E-state index contributed by atoms with van der Waals surface area (Å²) in [6.45, 7) is 6.59. The van der Waals surface area contributed by atoms with E-state index in [4.69, 9.17) is 16.3 Å². The Hall–Kier alpha value is -1.55. The molecule has 4 heteroatoms. The van der Waals surface area contributed by atoms with E-state index in [0.717, 1.165) is 30.3 Å². The highest BCUT2D eigenvalue weighted by molar-refractivity contribution is 6.30. The summed E-state index contributed by atoms with van der Waals surface area (Å²) in [4.78, 5) is 4.90. The van der Waals surface area contributed by atoms with E-state index in [0.29, 0.717) is 0 Å². The third kappa shape index (κ3) is 4.97. The van der Waals surface area contributed by atoms with Crippen LogP contribution in [-0.4, -0.2) is 56.2 Å². The first-order valence-corrected chi connectivity index (χ1v) is 8.98. The van der Waals surface area contributed by atoms with Crippen molar-refractivity contribution in [1.29, 1.82) is 0 Å². The Balaban J connectivity index is 1.42. The number of nitrogens with zero attached hydrogens (tertiary/aromatic N) is 2. The van der Waals surface area contributed by atoms with Crippen LogP contribution in [0.3, 0.4) is 0 Å². The van der Waals surface area contributed by atoms with E-state index in [1.807, 2.05) is 36.4 Å². The van der Waals surface area contributed by atoms with Crippen LogP contribution in [-0.2, 0) is 0 Å². The zero-order valence-corrected chi connectivity index (χ0v) is 15.0. The molecule has 0 spiro atoms. The van der Waals surface area contributed by atoms with Crippen molar-refractivity contribution in [3.8, 4) is 16.9 Å². The molecule has 0 bridgehead atoms. The first-order valence-electron chi connectivity index (χ1n) is 8.60. The lowest BCUT2D eigenvalue weighted by Crippen LogP contribution is -2.44. The van der Waals surface area contributed by atoms with Crippen LogP contribution < -0.4 is 4.74 Å². The fraction of sp³-hybridized carbons (Fsp3) is 0.400. The second-order valence-electron chi connectivity index (χ2n) is 6.38. The van der Waals surface area contributed by atoms with Gasteiger partial charge in [0.15, 0.2) is 0 Å². The standard InChI is InChI=1S/C20H25ClN2O/c1-22-12-14-23(15-13-22)11-2-16-24-20-9-5-18(6-10-20)17-3-7-19(21)8-4-17/h3-10H,2,11-16H2,1H3. The first-order chi connectivity index (χ1) is 11.7. The molecule has 3 nitrogen and oxygen atoms in total. The van der Waals surface area contributed by atoms with E-state index in [9.17, 15) is 0 Å². The van der Waals surface area contributed by atoms with Crippen LogP contribution in [0, 0.1) is 0 Å². The minimum absolute atomic E-state index is 0.763. The summed E-state index contributed by atoms with van der Waals surface area (Å²) in [5.74, 6) is 0.936. The number of benzene rings is 2. The van der Waals surface area contributed by atoms with E-state index < -0.39 is 0 Å². The Bertz CT molecular complexity index is 619. The maximum atomic E-state index is 5.93. The summed E-state index contributed by atoms with van der Waals surface area (Å²) in [6.07, 6.45) is 1.07. The Kier molecular flexibility index (Phi) is 6.13. The Morgan fingerprint density at radius 2 is 1.46 bits per heavy atom. The Morgan fingerprint density at radius 3 is 2.08 bits per heavy atom. The SMILES string of the molecule is CN1CCN(CCCOc2ccc(-c3ccc(Cl)cc3)cc2)CC1. The molecule has 0 amide bonds. The molecule has 2 aromatic rings. The van der Waals surface area contributed by atoms with Gasteiger partial charge in [0.1, 0.15) is 5.75 Å². The lowest BCUT2D eigenvalue weighted by atomic mass is 10.1. The topological polar surface area (TPSA) is 15.7 Å². The Morgan fingerprint density at radius 1 is 0.875 bits per heavy atom. The molecule has 24 heavy (non-hydrogen) atoms. The number of ether oxygens (including phenoxy) is 1. The van der Waals surface area contributed by atoms with Gasteiger partial charge in [0.25, 0.3) is 0 Å². The molecule has 0 aromatic heterocycles. The van der Waals surface area contributed by atoms with Crippen LogP contribution in [0.4, 0.5) is 0 Å². The molecule has 0 aliphatic carbocycles. The van der Waals surface area contributed by atoms with Crippen LogP contribution in [0.15, 0.2) is 48.5 Å². The van der Waals surface area contributed by atoms with Crippen molar-refractivity contribution in [2.45, 2.75) is 6.42 Å². The Labute approximate surface area is 149 Å². The molecule has 0 atom stereocenters. The number of halogens is 1. The van der Waals surface area contributed by atoms with E-state index in [2.05, 4.69) is 29.0 Å². The summed E-state index contributed by atoms with van der Waals surface area (Å²) < 4.78 is 5.87. The molecular formula is C20H25ClN2O. The average molecular weight is 345 g/mol. The summed E-state index contributed by atoms with van der Waals surface area (Å²) >= 11 is 5.93. The summed E-state index contributed by atoms with van der Waals surface area (Å²) in [5.41, 5.74) is 2.34. The normalized spacial score (nSPS) is 16.2. The summed E-state index contributed by atoms with van der Waals surface area (Å²) in [5, 5.41) is 0.763. The van der Waals surface area contributed by atoms with Crippen LogP contribution in [0.25, 0.3) is 11.1 Å². The third-order valence-corrected chi connectivity index (χ3v) is 4.77. The van der Waals surface area contributed by atoms with Crippen molar-refractivity contribution in [3.05, 3.63) is 53.6 Å². The van der Waals surface area contributed by atoms with Crippen molar-refractivity contribution in [2.24, 2.45) is 0 Å². The molecule has 3 rings (SSSR count). The fourth-order valence-electron chi connectivity index (χ4n) is 2.94. The number of piperazine rings is 1. The summed E-state index contributed by atoms with van der Waals surface area (Å²) in [6, 6.07) is 16.2. The fourth-order valence-corrected chi connectivity index (χ4v) is 3.06. The van der Waals surface area contributed by atoms with Crippen molar-refractivity contribution in [3.63, 3.8) is 0 Å². The zero-order chi connectivity index (χ0) is 16.8. The van der Waals surface area contributed by atoms with Crippen molar-refractivity contribution < 1.29 is 4.74 Å². The lowest BCUT2D eigenvalue weighted by Gasteiger charge is -2.32. The number of likely N-dealkylation sites (N-methyl/N-ethyl adjacent to an activating group) is 1. The highest BCUT2D eigenvalue weighted by Gasteiger charge is 2.12. The lowest BCUT2D eigenvalue weighted by molar-refractivity contribution is 0.145. The van der Waals surface area contributed by atoms with Gasteiger partial charge in [-0.15, -0.1) is 0 Å². The van der Waals surface area contributed by atoms with E-state index >= 15 is 0 Å². The molecule has 0 radical (unpaired) electrons. The zero-order valence-electron chi connectivity index (χ0n) is 14.2. The monoisotopic (exact) mass is 344 g/mol. The van der Waals surface area contributed by atoms with Gasteiger partial charge in [-0.1, -0.05) is 35.9 Å². The highest BCUT2D eigenvalue weighted by atomic mass is 35.5. The van der Waals surface area contributed by atoms with Gasteiger partial charge < -0.3 is 14.5 Å². The molecule has 0 unspecified atom stereocenters. The van der Waals surface area contributed by atoms with Crippen LogP contribution in [0.1, 0.15) is 6.42 Å². The van der Waals surface area contributed by atoms with E-state index in [-0.39, 0.29) is 0 Å². The molecule has 0 saturated carbocycles. The van der Waals surface area contributed by atoms with Gasteiger partial charge in [-0.05, 0) is 48.9 Å². The third-order valence-electron chi connectivity index (χ3n) is 4.52. The maximum absolute atomic E-state index is 5.93. The molecule has 1 saturated heterocycles. The van der Waals surface area contributed by atoms with Gasteiger partial charge in [0.05, 0.1) is 6.61 Å². The molecule has 1 heterocycles. The number of hydrogen-bond acceptors (Lipinski definition) is 3. The quantitative estimate of drug-likeness (QED) is 0.736. The van der Waals surface area contributed by atoms with Crippen molar-refractivity contribution in [1.82, 2.24) is 9.80 Å². The molecule has 1 aliphatic rings.